The largest absolute Gasteiger partial charge is 0.375 e. The summed E-state index contributed by atoms with van der Waals surface area (Å²) in [4.78, 5) is 4.56. The maximum atomic E-state index is 5.25. The SMILES string of the molecule is COC(C)c1nc(Cn2nc(C)cc2C)cs1. The van der Waals surface area contributed by atoms with Gasteiger partial charge in [-0.25, -0.2) is 4.98 Å². The Hall–Kier alpha value is -1.20. The summed E-state index contributed by atoms with van der Waals surface area (Å²) >= 11 is 1.64. The molecular formula is C12H17N3OS. The van der Waals surface area contributed by atoms with Gasteiger partial charge in [0.2, 0.25) is 0 Å². The van der Waals surface area contributed by atoms with Gasteiger partial charge in [-0.05, 0) is 26.8 Å². The molecule has 1 unspecified atom stereocenters. The summed E-state index contributed by atoms with van der Waals surface area (Å²) in [6.45, 7) is 6.80. The molecule has 2 rings (SSSR count). The molecule has 4 nitrogen and oxygen atoms in total. The molecule has 0 spiro atoms. The van der Waals surface area contributed by atoms with E-state index in [-0.39, 0.29) is 6.10 Å². The Kier molecular flexibility index (Phi) is 3.59. The van der Waals surface area contributed by atoms with Crippen molar-refractivity contribution in [3.05, 3.63) is 33.5 Å². The molecule has 0 aromatic carbocycles. The number of methoxy groups -OCH3 is 1. The summed E-state index contributed by atoms with van der Waals surface area (Å²) in [6, 6.07) is 2.07. The number of hydrogen-bond acceptors (Lipinski definition) is 4. The quantitative estimate of drug-likeness (QED) is 0.838. The third-order valence-corrected chi connectivity index (χ3v) is 3.74. The number of ether oxygens (including phenoxy) is 1. The number of hydrogen-bond donors (Lipinski definition) is 0. The zero-order chi connectivity index (χ0) is 12.4. The van der Waals surface area contributed by atoms with Crippen LogP contribution in [0.15, 0.2) is 11.4 Å². The fourth-order valence-electron chi connectivity index (χ4n) is 1.67. The van der Waals surface area contributed by atoms with Crippen molar-refractivity contribution in [1.82, 2.24) is 14.8 Å². The molecule has 0 amide bonds. The molecule has 0 aliphatic heterocycles. The van der Waals surface area contributed by atoms with Crippen LogP contribution in [-0.4, -0.2) is 21.9 Å². The Balaban J connectivity index is 2.14. The summed E-state index contributed by atoms with van der Waals surface area (Å²) < 4.78 is 7.23. The van der Waals surface area contributed by atoms with Crippen molar-refractivity contribution in [2.45, 2.75) is 33.4 Å². The topological polar surface area (TPSA) is 39.9 Å². The number of aromatic nitrogens is 3. The molecule has 2 aromatic rings. The third-order valence-electron chi connectivity index (χ3n) is 2.69. The lowest BCUT2D eigenvalue weighted by Gasteiger charge is -2.04. The first kappa shape index (κ1) is 12.3. The van der Waals surface area contributed by atoms with Crippen LogP contribution in [0, 0.1) is 13.8 Å². The summed E-state index contributed by atoms with van der Waals surface area (Å²) in [7, 11) is 1.70. The highest BCUT2D eigenvalue weighted by Crippen LogP contribution is 2.20. The summed E-state index contributed by atoms with van der Waals surface area (Å²) in [5.74, 6) is 0. The van der Waals surface area contributed by atoms with E-state index in [2.05, 4.69) is 28.5 Å². The Morgan fingerprint density at radius 1 is 1.47 bits per heavy atom. The molecule has 0 aliphatic carbocycles. The van der Waals surface area contributed by atoms with Crippen LogP contribution in [0.4, 0.5) is 0 Å². The average molecular weight is 251 g/mol. The van der Waals surface area contributed by atoms with E-state index < -0.39 is 0 Å². The molecule has 1 atom stereocenters. The Morgan fingerprint density at radius 2 is 2.24 bits per heavy atom. The second-order valence-electron chi connectivity index (χ2n) is 4.14. The minimum Gasteiger partial charge on any atom is -0.375 e. The normalized spacial score (nSPS) is 12.9. The van der Waals surface area contributed by atoms with Gasteiger partial charge in [0, 0.05) is 18.2 Å². The van der Waals surface area contributed by atoms with Crippen molar-refractivity contribution in [2.75, 3.05) is 7.11 Å². The van der Waals surface area contributed by atoms with E-state index in [0.29, 0.717) is 0 Å². The van der Waals surface area contributed by atoms with Gasteiger partial charge >= 0.3 is 0 Å². The molecule has 92 valence electrons. The average Bonchev–Trinajstić information content (AvgIpc) is 2.86. The van der Waals surface area contributed by atoms with Crippen molar-refractivity contribution >= 4 is 11.3 Å². The third kappa shape index (κ3) is 2.73. The highest BCUT2D eigenvalue weighted by Gasteiger charge is 2.10. The fraction of sp³-hybridized carbons (Fsp3) is 0.500. The lowest BCUT2D eigenvalue weighted by Crippen LogP contribution is -2.04. The monoisotopic (exact) mass is 251 g/mol. The van der Waals surface area contributed by atoms with Crippen LogP contribution in [-0.2, 0) is 11.3 Å². The Bertz CT molecular complexity index is 504. The van der Waals surface area contributed by atoms with Crippen LogP contribution >= 0.6 is 11.3 Å². The standard InChI is InChI=1S/C12H17N3OS/c1-8-5-9(2)15(14-8)6-11-7-17-12(13-11)10(3)16-4/h5,7,10H,6H2,1-4H3. The van der Waals surface area contributed by atoms with Gasteiger partial charge in [0.25, 0.3) is 0 Å². The summed E-state index contributed by atoms with van der Waals surface area (Å²) in [5, 5.41) is 7.52. The van der Waals surface area contributed by atoms with Crippen LogP contribution in [0.3, 0.4) is 0 Å². The lowest BCUT2D eigenvalue weighted by molar-refractivity contribution is 0.119. The number of thiazole rings is 1. The van der Waals surface area contributed by atoms with Crippen LogP contribution in [0.25, 0.3) is 0 Å². The van der Waals surface area contributed by atoms with Crippen molar-refractivity contribution in [3.8, 4) is 0 Å². The zero-order valence-corrected chi connectivity index (χ0v) is 11.4. The van der Waals surface area contributed by atoms with Crippen LogP contribution in [0.1, 0.15) is 35.1 Å². The van der Waals surface area contributed by atoms with Crippen LogP contribution in [0.5, 0.6) is 0 Å². The van der Waals surface area contributed by atoms with Gasteiger partial charge in [-0.2, -0.15) is 5.10 Å². The maximum absolute atomic E-state index is 5.25. The molecule has 0 aliphatic rings. The molecule has 0 bridgehead atoms. The van der Waals surface area contributed by atoms with E-state index in [4.69, 9.17) is 4.74 Å². The van der Waals surface area contributed by atoms with Crippen LogP contribution in [0.2, 0.25) is 0 Å². The van der Waals surface area contributed by atoms with Crippen molar-refractivity contribution in [1.29, 1.82) is 0 Å². The van der Waals surface area contributed by atoms with Gasteiger partial charge in [0.15, 0.2) is 0 Å². The van der Waals surface area contributed by atoms with E-state index >= 15 is 0 Å². The van der Waals surface area contributed by atoms with Gasteiger partial charge in [-0.1, -0.05) is 0 Å². The molecule has 0 saturated heterocycles. The van der Waals surface area contributed by atoms with Gasteiger partial charge < -0.3 is 4.74 Å². The first-order chi connectivity index (χ1) is 8.10. The smallest absolute Gasteiger partial charge is 0.122 e. The predicted molar refractivity (Wildman–Crippen MR) is 68.3 cm³/mol. The fourth-order valence-corrected chi connectivity index (χ4v) is 2.51. The maximum Gasteiger partial charge on any atom is 0.122 e. The second kappa shape index (κ2) is 4.98. The van der Waals surface area contributed by atoms with E-state index in [9.17, 15) is 0 Å². The molecular weight excluding hydrogens is 234 g/mol. The zero-order valence-electron chi connectivity index (χ0n) is 10.6. The van der Waals surface area contributed by atoms with Gasteiger partial charge in [-0.3, -0.25) is 4.68 Å². The predicted octanol–water partition coefficient (Wildman–Crippen LogP) is 2.71. The van der Waals surface area contributed by atoms with E-state index in [1.807, 2.05) is 18.5 Å². The van der Waals surface area contributed by atoms with E-state index in [1.165, 1.54) is 0 Å². The van der Waals surface area contributed by atoms with Crippen molar-refractivity contribution in [2.24, 2.45) is 0 Å². The Morgan fingerprint density at radius 3 is 2.82 bits per heavy atom. The minimum atomic E-state index is 0.0641. The highest BCUT2D eigenvalue weighted by atomic mass is 32.1. The molecule has 0 fully saturated rings. The highest BCUT2D eigenvalue weighted by molar-refractivity contribution is 7.09. The van der Waals surface area contributed by atoms with E-state index in [1.54, 1.807) is 18.4 Å². The molecule has 2 aromatic heterocycles. The van der Waals surface area contributed by atoms with Gasteiger partial charge in [0.05, 0.1) is 17.9 Å². The van der Waals surface area contributed by atoms with Gasteiger partial charge in [-0.15, -0.1) is 11.3 Å². The lowest BCUT2D eigenvalue weighted by atomic mass is 10.4. The number of nitrogens with zero attached hydrogens (tertiary/aromatic N) is 3. The number of aryl methyl sites for hydroxylation is 2. The molecule has 2 heterocycles. The molecule has 17 heavy (non-hydrogen) atoms. The van der Waals surface area contributed by atoms with Crippen molar-refractivity contribution < 1.29 is 4.74 Å². The minimum absolute atomic E-state index is 0.0641. The summed E-state index contributed by atoms with van der Waals surface area (Å²) in [5.41, 5.74) is 3.25. The molecule has 0 N–H and O–H groups in total. The number of rotatable bonds is 4. The van der Waals surface area contributed by atoms with Crippen LogP contribution < -0.4 is 0 Å². The first-order valence-electron chi connectivity index (χ1n) is 5.58. The van der Waals surface area contributed by atoms with E-state index in [0.717, 1.165) is 28.6 Å². The second-order valence-corrected chi connectivity index (χ2v) is 5.03. The Labute approximate surface area is 105 Å². The molecule has 0 saturated carbocycles. The molecule has 5 heteroatoms. The van der Waals surface area contributed by atoms with Gasteiger partial charge in [0.1, 0.15) is 11.1 Å². The summed E-state index contributed by atoms with van der Waals surface area (Å²) in [6.07, 6.45) is 0.0641. The first-order valence-corrected chi connectivity index (χ1v) is 6.46. The molecule has 0 radical (unpaired) electrons. The van der Waals surface area contributed by atoms with Crippen molar-refractivity contribution in [3.63, 3.8) is 0 Å².